The molecule has 7 atom stereocenters. The topological polar surface area (TPSA) is 88.2 Å². The predicted molar refractivity (Wildman–Crippen MR) is 171 cm³/mol. The van der Waals surface area contributed by atoms with Gasteiger partial charge >= 0.3 is 0 Å². The van der Waals surface area contributed by atoms with Crippen LogP contribution in [0.5, 0.6) is 0 Å². The molecule has 3 saturated carbocycles. The zero-order valence-electron chi connectivity index (χ0n) is 24.9. The number of aliphatic hydroxyl groups excluding tert-OH is 1. The number of benzene rings is 2. The van der Waals surface area contributed by atoms with Gasteiger partial charge in [0.2, 0.25) is 0 Å². The Morgan fingerprint density at radius 2 is 1.95 bits per heavy atom. The Morgan fingerprint density at radius 1 is 1.16 bits per heavy atom. The van der Waals surface area contributed by atoms with Gasteiger partial charge in [0.05, 0.1) is 39.7 Å². The van der Waals surface area contributed by atoms with E-state index >= 15 is 0 Å². The maximum absolute atomic E-state index is 13.8. The third-order valence-electron chi connectivity index (χ3n) is 11.7. The molecule has 9 heteroatoms. The Bertz CT molecular complexity index is 1780. The van der Waals surface area contributed by atoms with Crippen LogP contribution in [0.15, 0.2) is 64.6 Å². The van der Waals surface area contributed by atoms with Gasteiger partial charge in [0.25, 0.3) is 0 Å². The first-order valence-corrected chi connectivity index (χ1v) is 17.4. The summed E-state index contributed by atoms with van der Waals surface area (Å²) >= 11 is 2.99. The molecule has 0 radical (unpaired) electrons. The number of para-hydroxylation sites is 1. The number of rotatable bonds is 5. The first kappa shape index (κ1) is 28.6. The summed E-state index contributed by atoms with van der Waals surface area (Å²) in [5.74, 6) is 0.184. The third kappa shape index (κ3) is 4.08. The number of halogens is 1. The normalized spacial score (nSPS) is 34.2. The van der Waals surface area contributed by atoms with E-state index in [0.717, 1.165) is 57.2 Å². The van der Waals surface area contributed by atoms with Crippen molar-refractivity contribution in [3.05, 3.63) is 77.4 Å². The van der Waals surface area contributed by atoms with E-state index in [1.165, 1.54) is 29.5 Å². The van der Waals surface area contributed by atoms with Crippen molar-refractivity contribution < 1.29 is 19.4 Å². The molecule has 2 heterocycles. The maximum atomic E-state index is 13.8. The van der Waals surface area contributed by atoms with Crippen molar-refractivity contribution >= 4 is 45.2 Å². The Balaban J connectivity index is 1.05. The first-order valence-electron chi connectivity index (χ1n) is 15.6. The highest BCUT2D eigenvalue weighted by molar-refractivity contribution is 8.01. The van der Waals surface area contributed by atoms with Crippen molar-refractivity contribution in [1.82, 2.24) is 14.8 Å². The van der Waals surface area contributed by atoms with Gasteiger partial charge in [-0.1, -0.05) is 43.3 Å². The molecule has 0 amide bonds. The first-order chi connectivity index (χ1) is 21.1. The number of carbonyl (C=O) groups excluding carboxylic acids is 1. The summed E-state index contributed by atoms with van der Waals surface area (Å²) in [6.07, 6.45) is 7.79. The Morgan fingerprint density at radius 3 is 2.75 bits per heavy atom. The van der Waals surface area contributed by atoms with Gasteiger partial charge in [0, 0.05) is 5.41 Å². The van der Waals surface area contributed by atoms with E-state index in [4.69, 9.17) is 0 Å². The second-order valence-corrected chi connectivity index (χ2v) is 16.0. The van der Waals surface area contributed by atoms with E-state index in [0.29, 0.717) is 12.8 Å². The molecule has 2 aromatic carbocycles. The fourth-order valence-corrected chi connectivity index (χ4v) is 11.6. The lowest BCUT2D eigenvalue weighted by molar-refractivity contribution is -0.177. The summed E-state index contributed by atoms with van der Waals surface area (Å²) < 4.78 is 17.4. The number of nitrogens with zero attached hydrogens (tertiary/aromatic N) is 3. The minimum absolute atomic E-state index is 0.0393. The Kier molecular flexibility index (Phi) is 6.55. The lowest BCUT2D eigenvalue weighted by atomic mass is 9.45. The highest BCUT2D eigenvalue weighted by Crippen LogP contribution is 2.67. The molecular weight excluding hydrogens is 594 g/mol. The van der Waals surface area contributed by atoms with Gasteiger partial charge in [-0.2, -0.15) is 5.10 Å². The quantitative estimate of drug-likeness (QED) is 0.235. The third-order valence-corrected chi connectivity index (χ3v) is 13.9. The molecule has 4 aliphatic carbocycles. The van der Waals surface area contributed by atoms with Gasteiger partial charge < -0.3 is 10.2 Å². The van der Waals surface area contributed by atoms with E-state index < -0.39 is 17.1 Å². The number of aromatic nitrogens is 3. The molecule has 4 aromatic rings. The van der Waals surface area contributed by atoms with Crippen LogP contribution in [0.1, 0.15) is 57.2 Å². The second-order valence-electron chi connectivity index (χ2n) is 13.8. The van der Waals surface area contributed by atoms with E-state index in [-0.39, 0.29) is 40.5 Å². The van der Waals surface area contributed by atoms with Crippen LogP contribution >= 0.6 is 23.1 Å². The van der Waals surface area contributed by atoms with Crippen molar-refractivity contribution in [1.29, 1.82) is 0 Å². The molecular formula is C35H36FN3O3S2. The fourth-order valence-electron chi connectivity index (χ4n) is 9.60. The number of aliphatic hydroxyl groups is 2. The molecule has 0 spiro atoms. The number of allylic oxidation sites excluding steroid dienone is 1. The minimum atomic E-state index is -1.46. The number of hydrogen-bond acceptors (Lipinski definition) is 7. The molecule has 8 rings (SSSR count). The van der Waals surface area contributed by atoms with Gasteiger partial charge in [-0.25, -0.2) is 14.1 Å². The number of thioether (sulfide) groups is 1. The molecule has 2 N–H and O–H groups in total. The highest BCUT2D eigenvalue weighted by Gasteiger charge is 2.68. The molecule has 0 bridgehead atoms. The van der Waals surface area contributed by atoms with Crippen molar-refractivity contribution in [3.8, 4) is 5.69 Å². The second kappa shape index (κ2) is 10.1. The van der Waals surface area contributed by atoms with Crippen LogP contribution < -0.4 is 0 Å². The molecule has 2 aromatic heterocycles. The van der Waals surface area contributed by atoms with Gasteiger partial charge in [-0.05, 0) is 110 Å². The SMILES string of the molecule is CC12Cc3cnn(-c4ccc(F)cc4)c3C=C1CCC1C2[C@@H](O)CC2(C)C1CC[C@]2(O)C(=O)CSc1nc2ccccc2s1. The van der Waals surface area contributed by atoms with Crippen LogP contribution in [-0.2, 0) is 11.2 Å². The summed E-state index contributed by atoms with van der Waals surface area (Å²) in [4.78, 5) is 18.5. The number of hydrogen-bond donors (Lipinski definition) is 2. The van der Waals surface area contributed by atoms with Crippen LogP contribution in [0.2, 0.25) is 0 Å². The number of ketones is 1. The summed E-state index contributed by atoms with van der Waals surface area (Å²) in [5.41, 5.74) is 2.87. The van der Waals surface area contributed by atoms with Crippen LogP contribution in [-0.4, -0.2) is 48.2 Å². The molecule has 5 unspecified atom stereocenters. The molecule has 4 aliphatic rings. The van der Waals surface area contributed by atoms with Crippen molar-refractivity contribution in [2.75, 3.05) is 5.75 Å². The molecule has 0 saturated heterocycles. The number of carbonyl (C=O) groups is 1. The smallest absolute Gasteiger partial charge is 0.175 e. The minimum Gasteiger partial charge on any atom is -0.393 e. The largest absolute Gasteiger partial charge is 0.393 e. The van der Waals surface area contributed by atoms with Crippen molar-refractivity contribution in [2.24, 2.45) is 28.6 Å². The van der Waals surface area contributed by atoms with E-state index in [1.807, 2.05) is 35.1 Å². The molecule has 3 fully saturated rings. The maximum Gasteiger partial charge on any atom is 0.175 e. The highest BCUT2D eigenvalue weighted by atomic mass is 32.2. The van der Waals surface area contributed by atoms with E-state index in [1.54, 1.807) is 23.5 Å². The van der Waals surface area contributed by atoms with Gasteiger partial charge in [0.1, 0.15) is 11.4 Å². The van der Waals surface area contributed by atoms with Crippen LogP contribution in [0.25, 0.3) is 22.0 Å². The van der Waals surface area contributed by atoms with Gasteiger partial charge in [-0.3, -0.25) is 4.79 Å². The Labute approximate surface area is 264 Å². The molecule has 0 aliphatic heterocycles. The van der Waals surface area contributed by atoms with Crippen molar-refractivity contribution in [2.45, 2.75) is 68.4 Å². The summed E-state index contributed by atoms with van der Waals surface area (Å²) in [6.45, 7) is 4.35. The molecule has 44 heavy (non-hydrogen) atoms. The lowest BCUT2D eigenvalue weighted by Gasteiger charge is -2.60. The number of Topliss-reactive ketones (excluding diaryl/α,β-unsaturated/α-hetero) is 1. The molecule has 228 valence electrons. The van der Waals surface area contributed by atoms with Crippen molar-refractivity contribution in [3.63, 3.8) is 0 Å². The molecule has 6 nitrogen and oxygen atoms in total. The van der Waals surface area contributed by atoms with Crippen LogP contribution in [0, 0.1) is 34.4 Å². The summed E-state index contributed by atoms with van der Waals surface area (Å²) in [7, 11) is 0. The van der Waals surface area contributed by atoms with Crippen LogP contribution in [0.4, 0.5) is 4.39 Å². The average Bonchev–Trinajstić information content (AvgIpc) is 3.68. The fraction of sp³-hybridized carbons (Fsp3) is 0.457. The number of thiazole rings is 1. The van der Waals surface area contributed by atoms with E-state index in [9.17, 15) is 19.4 Å². The lowest BCUT2D eigenvalue weighted by Crippen LogP contribution is -2.62. The average molecular weight is 630 g/mol. The zero-order chi connectivity index (χ0) is 30.4. The van der Waals surface area contributed by atoms with Gasteiger partial charge in [-0.15, -0.1) is 11.3 Å². The number of fused-ring (bicyclic) bond motifs is 7. The predicted octanol–water partition coefficient (Wildman–Crippen LogP) is 6.87. The summed E-state index contributed by atoms with van der Waals surface area (Å²) in [6, 6.07) is 14.4. The summed E-state index contributed by atoms with van der Waals surface area (Å²) in [5, 5.41) is 28.8. The van der Waals surface area contributed by atoms with Crippen LogP contribution in [0.3, 0.4) is 0 Å². The Hall–Kier alpha value is -2.85. The zero-order valence-corrected chi connectivity index (χ0v) is 26.5. The standard InChI is InChI=1S/C35H36FN3O3S2/c1-33-16-20-18-37-39(23-10-8-22(36)9-11-23)27(20)15-21(33)7-12-24-25-13-14-35(42,34(25,2)17-28(40)31(24)33)30(41)19-43-32-38-26-5-3-4-6-29(26)44-32/h3-6,8-11,15,18,24-25,28,31,40,42H,7,12-14,16-17,19H2,1-2H3/t24?,25?,28-,31?,33?,34?,35-/m0/s1. The van der Waals surface area contributed by atoms with E-state index in [2.05, 4.69) is 30.0 Å². The van der Waals surface area contributed by atoms with Gasteiger partial charge in [0.15, 0.2) is 10.1 Å². The monoisotopic (exact) mass is 629 g/mol.